The zero-order chi connectivity index (χ0) is 25.4. The third-order valence-corrected chi connectivity index (χ3v) is 6.14. The molecule has 3 aromatic carbocycles. The first kappa shape index (κ1) is 25.5. The summed E-state index contributed by atoms with van der Waals surface area (Å²) in [4.78, 5) is 38.1. The highest BCUT2D eigenvalue weighted by molar-refractivity contribution is 8.00. The van der Waals surface area contributed by atoms with Crippen LogP contribution in [0.3, 0.4) is 0 Å². The molecule has 7 nitrogen and oxygen atoms in total. The SMILES string of the molecule is CC(C)(C)c1ccc(C(=O)NNC(=O)c2ccccc2SCC(=O)Nc2cccc(C#N)c2)cc1. The number of anilines is 1. The van der Waals surface area contributed by atoms with Crippen LogP contribution in [-0.2, 0) is 10.2 Å². The van der Waals surface area contributed by atoms with Gasteiger partial charge in [-0.15, -0.1) is 11.8 Å². The van der Waals surface area contributed by atoms with Gasteiger partial charge in [0.05, 0.1) is 22.9 Å². The van der Waals surface area contributed by atoms with Crippen molar-refractivity contribution in [3.8, 4) is 6.07 Å². The van der Waals surface area contributed by atoms with Crippen LogP contribution in [0.1, 0.15) is 52.6 Å². The Morgan fingerprint density at radius 2 is 1.57 bits per heavy atom. The van der Waals surface area contributed by atoms with Crippen LogP contribution in [0.25, 0.3) is 0 Å². The number of carbonyl (C=O) groups excluding carboxylic acids is 3. The predicted octanol–water partition coefficient (Wildman–Crippen LogP) is 4.66. The van der Waals surface area contributed by atoms with Crippen LogP contribution < -0.4 is 16.2 Å². The zero-order valence-electron chi connectivity index (χ0n) is 19.7. The number of rotatable bonds is 6. The molecular formula is C27H26N4O3S. The van der Waals surface area contributed by atoms with Crippen molar-refractivity contribution in [1.29, 1.82) is 5.26 Å². The lowest BCUT2D eigenvalue weighted by atomic mass is 9.87. The summed E-state index contributed by atoms with van der Waals surface area (Å²) in [5.41, 5.74) is 7.69. The van der Waals surface area contributed by atoms with Gasteiger partial charge in [-0.25, -0.2) is 0 Å². The number of benzene rings is 3. The van der Waals surface area contributed by atoms with E-state index in [1.54, 1.807) is 60.7 Å². The van der Waals surface area contributed by atoms with Crippen molar-refractivity contribution in [2.45, 2.75) is 31.1 Å². The lowest BCUT2D eigenvalue weighted by Gasteiger charge is -2.19. The summed E-state index contributed by atoms with van der Waals surface area (Å²) in [5.74, 6) is -1.13. The smallest absolute Gasteiger partial charge is 0.270 e. The Morgan fingerprint density at radius 3 is 2.26 bits per heavy atom. The van der Waals surface area contributed by atoms with Gasteiger partial charge in [-0.2, -0.15) is 5.26 Å². The molecule has 3 aromatic rings. The molecule has 0 aliphatic carbocycles. The number of carbonyl (C=O) groups is 3. The van der Waals surface area contributed by atoms with Crippen LogP contribution in [0, 0.1) is 11.3 Å². The number of amides is 3. The minimum atomic E-state index is -0.491. The molecule has 0 aliphatic heterocycles. The van der Waals surface area contributed by atoms with E-state index in [-0.39, 0.29) is 17.1 Å². The van der Waals surface area contributed by atoms with E-state index in [0.717, 1.165) is 5.56 Å². The number of nitriles is 1. The first-order valence-electron chi connectivity index (χ1n) is 10.9. The average molecular weight is 487 g/mol. The van der Waals surface area contributed by atoms with E-state index in [1.807, 2.05) is 18.2 Å². The Hall–Kier alpha value is -4.09. The summed E-state index contributed by atoms with van der Waals surface area (Å²) in [7, 11) is 0. The molecular weight excluding hydrogens is 460 g/mol. The highest BCUT2D eigenvalue weighted by Gasteiger charge is 2.16. The Bertz CT molecular complexity index is 1270. The van der Waals surface area contributed by atoms with Crippen molar-refractivity contribution in [3.05, 3.63) is 95.1 Å². The fraction of sp³-hybridized carbons (Fsp3) is 0.185. The summed E-state index contributed by atoms with van der Waals surface area (Å²) in [6, 6.07) is 22.7. The number of hydrogen-bond acceptors (Lipinski definition) is 5. The van der Waals surface area contributed by atoms with Crippen LogP contribution in [0.5, 0.6) is 0 Å². The molecule has 178 valence electrons. The first-order chi connectivity index (χ1) is 16.7. The van der Waals surface area contributed by atoms with Gasteiger partial charge >= 0.3 is 0 Å². The van der Waals surface area contributed by atoms with E-state index in [2.05, 4.69) is 36.9 Å². The molecule has 0 aromatic heterocycles. The molecule has 3 rings (SSSR count). The summed E-state index contributed by atoms with van der Waals surface area (Å²) in [6.45, 7) is 6.27. The third-order valence-electron chi connectivity index (χ3n) is 5.07. The van der Waals surface area contributed by atoms with Crippen molar-refractivity contribution in [1.82, 2.24) is 10.9 Å². The second-order valence-corrected chi connectivity index (χ2v) is 9.78. The van der Waals surface area contributed by atoms with Gasteiger partial charge in [0, 0.05) is 16.1 Å². The molecule has 0 heterocycles. The predicted molar refractivity (Wildman–Crippen MR) is 137 cm³/mol. The summed E-state index contributed by atoms with van der Waals surface area (Å²) < 4.78 is 0. The van der Waals surface area contributed by atoms with Crippen molar-refractivity contribution < 1.29 is 14.4 Å². The Labute approximate surface area is 208 Å². The van der Waals surface area contributed by atoms with Crippen molar-refractivity contribution >= 4 is 35.2 Å². The maximum atomic E-state index is 12.7. The minimum Gasteiger partial charge on any atom is -0.325 e. The maximum Gasteiger partial charge on any atom is 0.270 e. The van der Waals surface area contributed by atoms with Gasteiger partial charge in [0.1, 0.15) is 0 Å². The molecule has 0 radical (unpaired) electrons. The van der Waals surface area contributed by atoms with Gasteiger partial charge in [0.25, 0.3) is 11.8 Å². The molecule has 0 bridgehead atoms. The van der Waals surface area contributed by atoms with Gasteiger partial charge < -0.3 is 5.32 Å². The highest BCUT2D eigenvalue weighted by Crippen LogP contribution is 2.24. The van der Waals surface area contributed by atoms with Gasteiger partial charge in [-0.3, -0.25) is 25.2 Å². The molecule has 35 heavy (non-hydrogen) atoms. The van der Waals surface area contributed by atoms with E-state index in [0.29, 0.717) is 27.3 Å². The number of nitrogens with zero attached hydrogens (tertiary/aromatic N) is 1. The molecule has 8 heteroatoms. The first-order valence-corrected chi connectivity index (χ1v) is 11.9. The van der Waals surface area contributed by atoms with E-state index in [1.165, 1.54) is 11.8 Å². The monoisotopic (exact) mass is 486 g/mol. The maximum absolute atomic E-state index is 12.7. The average Bonchev–Trinajstić information content (AvgIpc) is 2.85. The van der Waals surface area contributed by atoms with Crippen LogP contribution in [0.15, 0.2) is 77.7 Å². The molecule has 0 atom stereocenters. The molecule has 3 N–H and O–H groups in total. The Balaban J connectivity index is 1.57. The Kier molecular flexibility index (Phi) is 8.29. The van der Waals surface area contributed by atoms with Crippen LogP contribution in [0.2, 0.25) is 0 Å². The van der Waals surface area contributed by atoms with Gasteiger partial charge in [-0.05, 0) is 53.4 Å². The molecule has 0 saturated carbocycles. The zero-order valence-corrected chi connectivity index (χ0v) is 20.5. The highest BCUT2D eigenvalue weighted by atomic mass is 32.2. The Morgan fingerprint density at radius 1 is 0.886 bits per heavy atom. The molecule has 0 fully saturated rings. The number of thioether (sulfide) groups is 1. The van der Waals surface area contributed by atoms with Crippen LogP contribution in [-0.4, -0.2) is 23.5 Å². The van der Waals surface area contributed by atoms with Gasteiger partial charge in [0.15, 0.2) is 0 Å². The number of hydrogen-bond donors (Lipinski definition) is 3. The second-order valence-electron chi connectivity index (χ2n) is 8.76. The van der Waals surface area contributed by atoms with Crippen LogP contribution in [0.4, 0.5) is 5.69 Å². The normalized spacial score (nSPS) is 10.7. The van der Waals surface area contributed by atoms with Crippen molar-refractivity contribution in [3.63, 3.8) is 0 Å². The summed E-state index contributed by atoms with van der Waals surface area (Å²) >= 11 is 1.20. The fourth-order valence-electron chi connectivity index (χ4n) is 3.16. The standard InChI is InChI=1S/C27H26N4O3S/c1-27(2,3)20-13-11-19(12-14-20)25(33)30-31-26(34)22-9-4-5-10-23(22)35-17-24(32)29-21-8-6-7-18(15-21)16-28/h4-15H,17H2,1-3H3,(H,29,32)(H,30,33)(H,31,34). The molecule has 0 spiro atoms. The molecule has 3 amide bonds. The minimum absolute atomic E-state index is 0.0256. The lowest BCUT2D eigenvalue weighted by molar-refractivity contribution is -0.113. The molecule has 0 aliphatic rings. The van der Waals surface area contributed by atoms with Crippen LogP contribution >= 0.6 is 11.8 Å². The largest absolute Gasteiger partial charge is 0.325 e. The van der Waals surface area contributed by atoms with E-state index < -0.39 is 11.8 Å². The quantitative estimate of drug-likeness (QED) is 0.347. The van der Waals surface area contributed by atoms with Crippen molar-refractivity contribution in [2.75, 3.05) is 11.1 Å². The van der Waals surface area contributed by atoms with Gasteiger partial charge in [-0.1, -0.05) is 51.1 Å². The number of nitrogens with one attached hydrogen (secondary N) is 3. The van der Waals surface area contributed by atoms with Gasteiger partial charge in [0.2, 0.25) is 5.91 Å². The topological polar surface area (TPSA) is 111 Å². The fourth-order valence-corrected chi connectivity index (χ4v) is 4.01. The third kappa shape index (κ3) is 7.19. The molecule has 0 saturated heterocycles. The molecule has 0 unspecified atom stereocenters. The summed E-state index contributed by atoms with van der Waals surface area (Å²) in [5, 5.41) is 11.7. The van der Waals surface area contributed by atoms with E-state index >= 15 is 0 Å². The lowest BCUT2D eigenvalue weighted by Crippen LogP contribution is -2.41. The van der Waals surface area contributed by atoms with E-state index in [9.17, 15) is 14.4 Å². The van der Waals surface area contributed by atoms with E-state index in [4.69, 9.17) is 5.26 Å². The summed E-state index contributed by atoms with van der Waals surface area (Å²) in [6.07, 6.45) is 0. The van der Waals surface area contributed by atoms with Crippen molar-refractivity contribution in [2.24, 2.45) is 0 Å². The number of hydrazine groups is 1. The second kappa shape index (κ2) is 11.4.